The van der Waals surface area contributed by atoms with Crippen LogP contribution >= 0.6 is 15.9 Å². The number of rotatable bonds is 2. The molecule has 19 heavy (non-hydrogen) atoms. The minimum atomic E-state index is -0.0505. The average molecular weight is 316 g/mol. The van der Waals surface area contributed by atoms with E-state index in [1.165, 1.54) is 0 Å². The summed E-state index contributed by atoms with van der Waals surface area (Å²) < 4.78 is 2.71. The van der Waals surface area contributed by atoms with E-state index < -0.39 is 0 Å². The number of carbonyl (C=O) groups is 1. The molecule has 94 valence electrons. The number of nitrogens with zero attached hydrogens (tertiary/aromatic N) is 3. The first kappa shape index (κ1) is 12.0. The number of hydrogen-bond acceptors (Lipinski definition) is 3. The Hall–Kier alpha value is -2.01. The quantitative estimate of drug-likeness (QED) is 0.683. The smallest absolute Gasteiger partial charge is 0.211 e. The maximum atomic E-state index is 12.5. The van der Waals surface area contributed by atoms with Gasteiger partial charge in [0.25, 0.3) is 0 Å². The summed E-state index contributed by atoms with van der Waals surface area (Å²) in [7, 11) is 0. The second kappa shape index (κ2) is 4.59. The van der Waals surface area contributed by atoms with Crippen LogP contribution < -0.4 is 0 Å². The predicted molar refractivity (Wildman–Crippen MR) is 75.3 cm³/mol. The zero-order chi connectivity index (χ0) is 13.4. The molecule has 3 aromatic heterocycles. The number of carbonyl (C=O) groups excluding carboxylic acids is 1. The number of ketones is 1. The van der Waals surface area contributed by atoms with Gasteiger partial charge < -0.3 is 0 Å². The van der Waals surface area contributed by atoms with Crippen molar-refractivity contribution >= 4 is 27.4 Å². The van der Waals surface area contributed by atoms with Crippen LogP contribution in [-0.4, -0.2) is 20.2 Å². The molecule has 0 N–H and O–H groups in total. The van der Waals surface area contributed by atoms with Gasteiger partial charge >= 0.3 is 0 Å². The van der Waals surface area contributed by atoms with Gasteiger partial charge in [-0.3, -0.25) is 14.2 Å². The van der Waals surface area contributed by atoms with E-state index in [9.17, 15) is 4.79 Å². The van der Waals surface area contributed by atoms with Crippen molar-refractivity contribution in [3.05, 3.63) is 64.3 Å². The standard InChI is InChI=1S/C14H10BrN3O/c1-9-13(14(19)10-4-6-16-7-5-10)18-8-11(15)2-3-12(18)17-9/h2-8H,1H3. The summed E-state index contributed by atoms with van der Waals surface area (Å²) in [6, 6.07) is 7.20. The third-order valence-electron chi connectivity index (χ3n) is 2.91. The molecule has 0 saturated heterocycles. The molecule has 0 fully saturated rings. The van der Waals surface area contributed by atoms with Crippen LogP contribution in [0.15, 0.2) is 47.3 Å². The van der Waals surface area contributed by atoms with E-state index in [0.717, 1.165) is 15.8 Å². The Morgan fingerprint density at radius 3 is 2.68 bits per heavy atom. The third kappa shape index (κ3) is 2.06. The van der Waals surface area contributed by atoms with Gasteiger partial charge in [-0.15, -0.1) is 0 Å². The van der Waals surface area contributed by atoms with Gasteiger partial charge in [0, 0.05) is 28.6 Å². The van der Waals surface area contributed by atoms with Crippen molar-refractivity contribution < 1.29 is 4.79 Å². The largest absolute Gasteiger partial charge is 0.295 e. The lowest BCUT2D eigenvalue weighted by Gasteiger charge is -2.03. The van der Waals surface area contributed by atoms with E-state index >= 15 is 0 Å². The lowest BCUT2D eigenvalue weighted by Crippen LogP contribution is -2.07. The molecular weight excluding hydrogens is 306 g/mol. The van der Waals surface area contributed by atoms with Gasteiger partial charge in [-0.1, -0.05) is 0 Å². The lowest BCUT2D eigenvalue weighted by molar-refractivity contribution is 0.103. The molecule has 3 rings (SSSR count). The van der Waals surface area contributed by atoms with Crippen LogP contribution in [0.4, 0.5) is 0 Å². The van der Waals surface area contributed by atoms with Crippen molar-refractivity contribution in [3.8, 4) is 0 Å². The van der Waals surface area contributed by atoms with Crippen molar-refractivity contribution in [2.45, 2.75) is 6.92 Å². The Bertz CT molecular complexity index is 765. The van der Waals surface area contributed by atoms with E-state index in [1.54, 1.807) is 24.5 Å². The van der Waals surface area contributed by atoms with E-state index in [0.29, 0.717) is 11.3 Å². The molecule has 0 unspecified atom stereocenters. The number of fused-ring (bicyclic) bond motifs is 1. The van der Waals surface area contributed by atoms with Crippen molar-refractivity contribution in [1.82, 2.24) is 14.4 Å². The number of imidazole rings is 1. The maximum absolute atomic E-state index is 12.5. The SMILES string of the molecule is Cc1nc2ccc(Br)cn2c1C(=O)c1ccncc1. The van der Waals surface area contributed by atoms with Gasteiger partial charge in [0.05, 0.1) is 5.69 Å². The molecule has 4 nitrogen and oxygen atoms in total. The first-order valence-corrected chi connectivity index (χ1v) is 6.55. The van der Waals surface area contributed by atoms with Crippen molar-refractivity contribution in [3.63, 3.8) is 0 Å². The van der Waals surface area contributed by atoms with Gasteiger partial charge in [0.15, 0.2) is 0 Å². The highest BCUT2D eigenvalue weighted by Gasteiger charge is 2.18. The average Bonchev–Trinajstić information content (AvgIpc) is 2.74. The monoisotopic (exact) mass is 315 g/mol. The van der Waals surface area contributed by atoms with Crippen LogP contribution in [0.5, 0.6) is 0 Å². The number of hydrogen-bond donors (Lipinski definition) is 0. The number of aryl methyl sites for hydroxylation is 1. The fourth-order valence-electron chi connectivity index (χ4n) is 2.05. The van der Waals surface area contributed by atoms with Crippen molar-refractivity contribution in [1.29, 1.82) is 0 Å². The third-order valence-corrected chi connectivity index (χ3v) is 3.38. The molecule has 0 aliphatic heterocycles. The highest BCUT2D eigenvalue weighted by molar-refractivity contribution is 9.10. The van der Waals surface area contributed by atoms with E-state index in [-0.39, 0.29) is 5.78 Å². The van der Waals surface area contributed by atoms with Crippen LogP contribution in [0.25, 0.3) is 5.65 Å². The van der Waals surface area contributed by atoms with Crippen LogP contribution in [0.3, 0.4) is 0 Å². The molecule has 0 aromatic carbocycles. The van der Waals surface area contributed by atoms with Crippen molar-refractivity contribution in [2.75, 3.05) is 0 Å². The zero-order valence-electron chi connectivity index (χ0n) is 10.2. The summed E-state index contributed by atoms with van der Waals surface area (Å²) in [6.45, 7) is 1.84. The molecule has 0 spiro atoms. The summed E-state index contributed by atoms with van der Waals surface area (Å²) >= 11 is 3.41. The Kier molecular flexibility index (Phi) is 2.91. The molecule has 3 aromatic rings. The van der Waals surface area contributed by atoms with Crippen molar-refractivity contribution in [2.24, 2.45) is 0 Å². The fraction of sp³-hybridized carbons (Fsp3) is 0.0714. The highest BCUT2D eigenvalue weighted by atomic mass is 79.9. The minimum absolute atomic E-state index is 0.0505. The molecule has 3 heterocycles. The van der Waals surface area contributed by atoms with Crippen LogP contribution in [0.2, 0.25) is 0 Å². The number of aromatic nitrogens is 3. The number of pyridine rings is 2. The second-order valence-corrected chi connectivity index (χ2v) is 5.10. The topological polar surface area (TPSA) is 47.3 Å². The molecule has 0 aliphatic carbocycles. The first-order valence-electron chi connectivity index (χ1n) is 5.76. The molecular formula is C14H10BrN3O. The Morgan fingerprint density at radius 1 is 1.21 bits per heavy atom. The Morgan fingerprint density at radius 2 is 1.95 bits per heavy atom. The molecule has 0 bridgehead atoms. The fourth-order valence-corrected chi connectivity index (χ4v) is 2.39. The van der Waals surface area contributed by atoms with Gasteiger partial charge in [-0.05, 0) is 47.1 Å². The lowest BCUT2D eigenvalue weighted by atomic mass is 10.1. The van der Waals surface area contributed by atoms with E-state index in [2.05, 4.69) is 25.9 Å². The molecule has 0 saturated carbocycles. The van der Waals surface area contributed by atoms with E-state index in [4.69, 9.17) is 0 Å². The zero-order valence-corrected chi connectivity index (χ0v) is 11.8. The van der Waals surface area contributed by atoms with Crippen LogP contribution in [-0.2, 0) is 0 Å². The summed E-state index contributed by atoms with van der Waals surface area (Å²) in [5.41, 5.74) is 2.68. The predicted octanol–water partition coefficient (Wildman–Crippen LogP) is 3.03. The molecule has 0 amide bonds. The maximum Gasteiger partial charge on any atom is 0.211 e. The van der Waals surface area contributed by atoms with Gasteiger partial charge in [0.1, 0.15) is 11.3 Å². The van der Waals surface area contributed by atoms with Gasteiger partial charge in [0.2, 0.25) is 5.78 Å². The molecule has 0 radical (unpaired) electrons. The van der Waals surface area contributed by atoms with Crippen LogP contribution in [0, 0.1) is 6.92 Å². The summed E-state index contributed by atoms with van der Waals surface area (Å²) in [6.07, 6.45) is 5.08. The van der Waals surface area contributed by atoms with Gasteiger partial charge in [-0.2, -0.15) is 0 Å². The molecule has 5 heteroatoms. The molecule has 0 aliphatic rings. The normalized spacial score (nSPS) is 10.8. The Labute approximate surface area is 118 Å². The van der Waals surface area contributed by atoms with E-state index in [1.807, 2.05) is 29.7 Å². The van der Waals surface area contributed by atoms with Gasteiger partial charge in [-0.25, -0.2) is 4.98 Å². The summed E-state index contributed by atoms with van der Waals surface area (Å²) in [4.78, 5) is 20.9. The summed E-state index contributed by atoms with van der Waals surface area (Å²) in [5.74, 6) is -0.0505. The number of halogens is 1. The van der Waals surface area contributed by atoms with Crippen LogP contribution in [0.1, 0.15) is 21.7 Å². The minimum Gasteiger partial charge on any atom is -0.295 e. The Balaban J connectivity index is 2.22. The first-order chi connectivity index (χ1) is 9.16. The molecule has 0 atom stereocenters. The highest BCUT2D eigenvalue weighted by Crippen LogP contribution is 2.19. The second-order valence-electron chi connectivity index (χ2n) is 4.19. The summed E-state index contributed by atoms with van der Waals surface area (Å²) in [5, 5.41) is 0.